The lowest BCUT2D eigenvalue weighted by Crippen LogP contribution is -2.37. The molecule has 0 aliphatic carbocycles. The van der Waals surface area contributed by atoms with Crippen LogP contribution in [0.25, 0.3) is 0 Å². The summed E-state index contributed by atoms with van der Waals surface area (Å²) in [6.45, 7) is 2.75. The molecule has 0 unspecified atom stereocenters. The number of nitrogens with one attached hydrogen (secondary N) is 1. The maximum absolute atomic E-state index is 12.3. The quantitative estimate of drug-likeness (QED) is 0.845. The van der Waals surface area contributed by atoms with Crippen LogP contribution in [0.1, 0.15) is 23.0 Å². The number of carbonyl (C=O) groups excluding carboxylic acids is 1. The number of nitrogens with two attached hydrogens (primary N) is 1. The van der Waals surface area contributed by atoms with Crippen LogP contribution in [0.4, 0.5) is 5.69 Å². The first kappa shape index (κ1) is 16.6. The van der Waals surface area contributed by atoms with E-state index in [2.05, 4.69) is 31.2 Å². The first-order valence-electron chi connectivity index (χ1n) is 7.42. The SMILES string of the molecule is C[C@@]1(c2cccc(NC(=O)c3ccc(Br)cn3)c2)COCC(N)=N1. The number of rotatable bonds is 3. The number of benzene rings is 1. The molecule has 124 valence electrons. The highest BCUT2D eigenvalue weighted by Crippen LogP contribution is 2.30. The van der Waals surface area contributed by atoms with Gasteiger partial charge in [-0.3, -0.25) is 9.79 Å². The number of amidine groups is 1. The van der Waals surface area contributed by atoms with E-state index in [1.807, 2.05) is 31.2 Å². The first-order valence-corrected chi connectivity index (χ1v) is 8.21. The molecule has 1 atom stereocenters. The van der Waals surface area contributed by atoms with E-state index in [4.69, 9.17) is 10.5 Å². The van der Waals surface area contributed by atoms with Crippen molar-refractivity contribution in [1.82, 2.24) is 4.98 Å². The summed E-state index contributed by atoms with van der Waals surface area (Å²) in [5.41, 5.74) is 7.18. The van der Waals surface area contributed by atoms with Crippen molar-refractivity contribution in [3.05, 3.63) is 58.3 Å². The van der Waals surface area contributed by atoms with Gasteiger partial charge < -0.3 is 15.8 Å². The summed E-state index contributed by atoms with van der Waals surface area (Å²) >= 11 is 3.30. The Morgan fingerprint density at radius 2 is 2.21 bits per heavy atom. The fourth-order valence-corrected chi connectivity index (χ4v) is 2.76. The van der Waals surface area contributed by atoms with Gasteiger partial charge in [0.1, 0.15) is 23.7 Å². The van der Waals surface area contributed by atoms with E-state index in [1.165, 1.54) is 0 Å². The molecule has 6 nitrogen and oxygen atoms in total. The van der Waals surface area contributed by atoms with E-state index in [0.717, 1.165) is 10.0 Å². The third-order valence-corrected chi connectivity index (χ3v) is 4.19. The second-order valence-electron chi connectivity index (χ2n) is 5.77. The van der Waals surface area contributed by atoms with Gasteiger partial charge in [0.25, 0.3) is 5.91 Å². The number of ether oxygens (including phenoxy) is 1. The van der Waals surface area contributed by atoms with Gasteiger partial charge in [-0.05, 0) is 52.7 Å². The Labute approximate surface area is 148 Å². The van der Waals surface area contributed by atoms with Crippen LogP contribution in [-0.2, 0) is 10.3 Å². The maximum atomic E-state index is 12.3. The number of hydrogen-bond donors (Lipinski definition) is 2. The molecule has 0 fully saturated rings. The van der Waals surface area contributed by atoms with Crippen LogP contribution in [0.15, 0.2) is 52.1 Å². The number of halogens is 1. The molecule has 1 amide bonds. The Hall–Kier alpha value is -2.25. The second-order valence-corrected chi connectivity index (χ2v) is 6.68. The predicted octanol–water partition coefficient (Wildman–Crippen LogP) is 2.70. The Morgan fingerprint density at radius 1 is 1.38 bits per heavy atom. The van der Waals surface area contributed by atoms with Crippen LogP contribution >= 0.6 is 15.9 Å². The third-order valence-electron chi connectivity index (χ3n) is 3.73. The summed E-state index contributed by atoms with van der Waals surface area (Å²) in [5, 5.41) is 2.85. The molecule has 24 heavy (non-hydrogen) atoms. The lowest BCUT2D eigenvalue weighted by Gasteiger charge is -2.30. The van der Waals surface area contributed by atoms with Crippen LogP contribution in [-0.4, -0.2) is 29.9 Å². The zero-order chi connectivity index (χ0) is 17.2. The average molecular weight is 389 g/mol. The van der Waals surface area contributed by atoms with Gasteiger partial charge in [0.15, 0.2) is 0 Å². The van der Waals surface area contributed by atoms with Gasteiger partial charge in [0.05, 0.1) is 6.61 Å². The smallest absolute Gasteiger partial charge is 0.274 e. The molecule has 1 aliphatic heterocycles. The number of nitrogens with zero attached hydrogens (tertiary/aromatic N) is 2. The van der Waals surface area contributed by atoms with E-state index in [1.54, 1.807) is 18.3 Å². The molecule has 2 heterocycles. The summed E-state index contributed by atoms with van der Waals surface area (Å²) in [5.74, 6) is 0.199. The summed E-state index contributed by atoms with van der Waals surface area (Å²) < 4.78 is 6.32. The maximum Gasteiger partial charge on any atom is 0.274 e. The van der Waals surface area contributed by atoms with Gasteiger partial charge in [0, 0.05) is 16.4 Å². The lowest BCUT2D eigenvalue weighted by atomic mass is 9.92. The zero-order valence-corrected chi connectivity index (χ0v) is 14.7. The molecule has 0 spiro atoms. The minimum Gasteiger partial charge on any atom is -0.386 e. The number of aliphatic imine (C=N–C) groups is 1. The Kier molecular flexibility index (Phi) is 4.64. The predicted molar refractivity (Wildman–Crippen MR) is 96.1 cm³/mol. The van der Waals surface area contributed by atoms with Crippen molar-refractivity contribution in [3.63, 3.8) is 0 Å². The molecule has 1 aromatic carbocycles. The molecule has 0 saturated heterocycles. The lowest BCUT2D eigenvalue weighted by molar-refractivity contribution is 0.102. The molecule has 0 saturated carbocycles. The first-order chi connectivity index (χ1) is 11.5. The van der Waals surface area contributed by atoms with Gasteiger partial charge in [0.2, 0.25) is 0 Å². The Bertz CT molecular complexity index is 791. The highest BCUT2D eigenvalue weighted by Gasteiger charge is 2.30. The van der Waals surface area contributed by atoms with E-state index < -0.39 is 5.54 Å². The monoisotopic (exact) mass is 388 g/mol. The van der Waals surface area contributed by atoms with Crippen molar-refractivity contribution in [2.24, 2.45) is 10.7 Å². The number of hydrogen-bond acceptors (Lipinski definition) is 5. The topological polar surface area (TPSA) is 89.6 Å². The molecule has 3 rings (SSSR count). The van der Waals surface area contributed by atoms with Crippen LogP contribution in [0.5, 0.6) is 0 Å². The van der Waals surface area contributed by atoms with Crippen molar-refractivity contribution < 1.29 is 9.53 Å². The number of aromatic nitrogens is 1. The molecule has 7 heteroatoms. The molecule has 0 radical (unpaired) electrons. The average Bonchev–Trinajstić information content (AvgIpc) is 2.55. The summed E-state index contributed by atoms with van der Waals surface area (Å²) in [6.07, 6.45) is 1.59. The van der Waals surface area contributed by atoms with Crippen LogP contribution in [0, 0.1) is 0 Å². The van der Waals surface area contributed by atoms with Crippen molar-refractivity contribution in [2.45, 2.75) is 12.5 Å². The normalized spacial score (nSPS) is 20.3. The van der Waals surface area contributed by atoms with Gasteiger partial charge in [-0.15, -0.1) is 0 Å². The molecule has 1 aliphatic rings. The Balaban J connectivity index is 1.82. The fourth-order valence-electron chi connectivity index (χ4n) is 2.52. The number of amides is 1. The molecule has 0 bridgehead atoms. The zero-order valence-electron chi connectivity index (χ0n) is 13.1. The van der Waals surface area contributed by atoms with Crippen molar-refractivity contribution in [2.75, 3.05) is 18.5 Å². The molecule has 2 aromatic rings. The molecule has 1 aromatic heterocycles. The van der Waals surface area contributed by atoms with E-state index in [-0.39, 0.29) is 5.91 Å². The van der Waals surface area contributed by atoms with E-state index >= 15 is 0 Å². The summed E-state index contributed by atoms with van der Waals surface area (Å²) in [7, 11) is 0. The second kappa shape index (κ2) is 6.70. The minimum absolute atomic E-state index is 0.271. The standard InChI is InChI=1S/C17H17BrN4O2/c1-17(10-24-9-15(19)22-17)11-3-2-4-13(7-11)21-16(23)14-6-5-12(18)8-20-14/h2-8H,9-10H2,1H3,(H2,19,22)(H,21,23)/t17-/m0/s1. The van der Waals surface area contributed by atoms with Crippen molar-refractivity contribution in [1.29, 1.82) is 0 Å². The molecular weight excluding hydrogens is 372 g/mol. The summed E-state index contributed by atoms with van der Waals surface area (Å²) in [4.78, 5) is 20.9. The van der Waals surface area contributed by atoms with E-state index in [9.17, 15) is 4.79 Å². The van der Waals surface area contributed by atoms with Crippen LogP contribution in [0.3, 0.4) is 0 Å². The van der Waals surface area contributed by atoms with Gasteiger partial charge in [-0.1, -0.05) is 12.1 Å². The summed E-state index contributed by atoms with van der Waals surface area (Å²) in [6, 6.07) is 10.9. The van der Waals surface area contributed by atoms with Gasteiger partial charge >= 0.3 is 0 Å². The van der Waals surface area contributed by atoms with Crippen LogP contribution < -0.4 is 11.1 Å². The highest BCUT2D eigenvalue weighted by molar-refractivity contribution is 9.10. The largest absolute Gasteiger partial charge is 0.386 e. The molecular formula is C17H17BrN4O2. The number of pyridine rings is 1. The van der Waals surface area contributed by atoms with Crippen molar-refractivity contribution in [3.8, 4) is 0 Å². The van der Waals surface area contributed by atoms with E-state index in [0.29, 0.717) is 30.4 Å². The number of anilines is 1. The number of carbonyl (C=O) groups is 1. The van der Waals surface area contributed by atoms with Crippen LogP contribution in [0.2, 0.25) is 0 Å². The molecule has 3 N–H and O–H groups in total. The van der Waals surface area contributed by atoms with Gasteiger partial charge in [-0.2, -0.15) is 0 Å². The minimum atomic E-state index is -0.557. The van der Waals surface area contributed by atoms with Gasteiger partial charge in [-0.25, -0.2) is 4.98 Å². The third kappa shape index (κ3) is 3.63. The highest BCUT2D eigenvalue weighted by atomic mass is 79.9. The van der Waals surface area contributed by atoms with Crippen molar-refractivity contribution >= 4 is 33.4 Å². The fraction of sp³-hybridized carbons (Fsp3) is 0.235. The Morgan fingerprint density at radius 3 is 2.92 bits per heavy atom.